The molecule has 8 heteroatoms. The van der Waals surface area contributed by atoms with Crippen LogP contribution in [0, 0.1) is 0 Å². The maximum Gasteiger partial charge on any atom is 0.331 e. The second-order valence-electron chi connectivity index (χ2n) is 5.98. The molecule has 0 aromatic heterocycles. The van der Waals surface area contributed by atoms with E-state index in [4.69, 9.17) is 15.6 Å². The maximum atomic E-state index is 12.0. The Morgan fingerprint density at radius 3 is 2.23 bits per heavy atom. The van der Waals surface area contributed by atoms with Crippen LogP contribution in [-0.4, -0.2) is 53.9 Å². The lowest BCUT2D eigenvalue weighted by Gasteiger charge is -2.30. The van der Waals surface area contributed by atoms with Crippen molar-refractivity contribution in [1.29, 1.82) is 0 Å². The first-order valence-electron chi connectivity index (χ1n) is 7.01. The summed E-state index contributed by atoms with van der Waals surface area (Å²) in [4.78, 5) is 34.3. The predicted molar refractivity (Wildman–Crippen MR) is 79.1 cm³/mol. The Labute approximate surface area is 130 Å². The normalized spacial score (nSPS) is 15.5. The molecule has 0 aromatic carbocycles. The molecule has 0 aliphatic heterocycles. The molecule has 0 aliphatic rings. The summed E-state index contributed by atoms with van der Waals surface area (Å²) in [5, 5.41) is 11.0. The average molecular weight is 318 g/mol. The quantitative estimate of drug-likeness (QED) is 0.539. The average Bonchev–Trinajstić information content (AvgIpc) is 2.38. The van der Waals surface area contributed by atoms with Gasteiger partial charge in [-0.2, -0.15) is 0 Å². The van der Waals surface area contributed by atoms with Gasteiger partial charge in [-0.3, -0.25) is 9.59 Å². The molecule has 0 aliphatic carbocycles. The Morgan fingerprint density at radius 2 is 1.82 bits per heavy atom. The van der Waals surface area contributed by atoms with Gasteiger partial charge in [-0.1, -0.05) is 0 Å². The minimum atomic E-state index is -1.04. The molecule has 0 saturated carbocycles. The first-order chi connectivity index (χ1) is 9.97. The highest BCUT2D eigenvalue weighted by atomic mass is 16.5. The first kappa shape index (κ1) is 20.3. The molecule has 0 aromatic rings. The number of nitrogens with two attached hydrogens (primary N) is 1. The SMILES string of the molecule is COC(=O)[C@@H](NC(=O)[C@@H](N)CCC(=O)O)[C@H](C)OC(C)(C)C. The van der Waals surface area contributed by atoms with E-state index in [9.17, 15) is 14.4 Å². The van der Waals surface area contributed by atoms with Crippen molar-refractivity contribution in [2.75, 3.05) is 7.11 Å². The Kier molecular flexibility index (Phi) is 8.04. The molecular formula is C14H26N2O6. The summed E-state index contributed by atoms with van der Waals surface area (Å²) < 4.78 is 10.3. The van der Waals surface area contributed by atoms with Crippen LogP contribution >= 0.6 is 0 Å². The summed E-state index contributed by atoms with van der Waals surface area (Å²) >= 11 is 0. The summed E-state index contributed by atoms with van der Waals surface area (Å²) in [6.07, 6.45) is -0.891. The molecule has 0 bridgehead atoms. The zero-order valence-corrected chi connectivity index (χ0v) is 13.7. The zero-order chi connectivity index (χ0) is 17.5. The maximum absolute atomic E-state index is 12.0. The number of carbonyl (C=O) groups is 3. The number of hydrogen-bond acceptors (Lipinski definition) is 6. The van der Waals surface area contributed by atoms with Gasteiger partial charge in [-0.05, 0) is 34.1 Å². The topological polar surface area (TPSA) is 128 Å². The molecule has 0 saturated heterocycles. The van der Waals surface area contributed by atoms with Crippen molar-refractivity contribution in [3.8, 4) is 0 Å². The van der Waals surface area contributed by atoms with Crippen LogP contribution in [0.5, 0.6) is 0 Å². The van der Waals surface area contributed by atoms with Crippen molar-refractivity contribution < 1.29 is 29.0 Å². The Morgan fingerprint density at radius 1 is 1.27 bits per heavy atom. The number of carboxylic acids is 1. The molecule has 0 radical (unpaired) electrons. The number of nitrogens with one attached hydrogen (secondary N) is 1. The van der Waals surface area contributed by atoms with Gasteiger partial charge < -0.3 is 25.6 Å². The molecule has 0 rings (SSSR count). The molecule has 0 unspecified atom stereocenters. The number of amides is 1. The monoisotopic (exact) mass is 318 g/mol. The third-order valence-electron chi connectivity index (χ3n) is 2.77. The molecule has 0 fully saturated rings. The highest BCUT2D eigenvalue weighted by Gasteiger charge is 2.32. The standard InChI is InChI=1S/C14H26N2O6/c1-8(22-14(2,3)4)11(13(20)21-5)16-12(19)9(15)6-7-10(17)18/h8-9,11H,6-7,15H2,1-5H3,(H,16,19)(H,17,18)/t8-,9-,11-/m0/s1. The van der Waals surface area contributed by atoms with Crippen LogP contribution < -0.4 is 11.1 Å². The van der Waals surface area contributed by atoms with Crippen molar-refractivity contribution >= 4 is 17.8 Å². The van der Waals surface area contributed by atoms with Gasteiger partial charge in [0.1, 0.15) is 0 Å². The summed E-state index contributed by atoms with van der Waals surface area (Å²) in [5.74, 6) is -2.33. The third-order valence-corrected chi connectivity index (χ3v) is 2.77. The fraction of sp³-hybridized carbons (Fsp3) is 0.786. The van der Waals surface area contributed by atoms with E-state index < -0.39 is 41.6 Å². The lowest BCUT2D eigenvalue weighted by Crippen LogP contribution is -2.54. The van der Waals surface area contributed by atoms with Crippen molar-refractivity contribution in [1.82, 2.24) is 5.32 Å². The van der Waals surface area contributed by atoms with Crippen molar-refractivity contribution in [3.63, 3.8) is 0 Å². The van der Waals surface area contributed by atoms with Crippen molar-refractivity contribution in [3.05, 3.63) is 0 Å². The van der Waals surface area contributed by atoms with E-state index >= 15 is 0 Å². The van der Waals surface area contributed by atoms with Gasteiger partial charge in [0.2, 0.25) is 5.91 Å². The number of esters is 1. The van der Waals surface area contributed by atoms with Gasteiger partial charge in [-0.25, -0.2) is 4.79 Å². The molecule has 0 spiro atoms. The van der Waals surface area contributed by atoms with E-state index in [1.807, 2.05) is 20.8 Å². The molecule has 3 atom stereocenters. The van der Waals surface area contributed by atoms with E-state index in [1.165, 1.54) is 7.11 Å². The molecule has 4 N–H and O–H groups in total. The van der Waals surface area contributed by atoms with E-state index in [0.29, 0.717) is 0 Å². The van der Waals surface area contributed by atoms with Crippen LogP contribution in [0.25, 0.3) is 0 Å². The minimum absolute atomic E-state index is 0.0242. The number of hydrogen-bond donors (Lipinski definition) is 3. The van der Waals surface area contributed by atoms with Crippen LogP contribution in [0.4, 0.5) is 0 Å². The van der Waals surface area contributed by atoms with Gasteiger partial charge in [0.25, 0.3) is 0 Å². The van der Waals surface area contributed by atoms with Crippen LogP contribution in [-0.2, 0) is 23.9 Å². The number of carbonyl (C=O) groups excluding carboxylic acids is 2. The number of methoxy groups -OCH3 is 1. The lowest BCUT2D eigenvalue weighted by atomic mass is 10.1. The minimum Gasteiger partial charge on any atom is -0.481 e. The Bertz CT molecular complexity index is 405. The van der Waals surface area contributed by atoms with Gasteiger partial charge >= 0.3 is 11.9 Å². The fourth-order valence-corrected chi connectivity index (χ4v) is 1.79. The van der Waals surface area contributed by atoms with E-state index in [2.05, 4.69) is 10.1 Å². The Balaban J connectivity index is 4.81. The van der Waals surface area contributed by atoms with Gasteiger partial charge in [-0.15, -0.1) is 0 Å². The van der Waals surface area contributed by atoms with Gasteiger partial charge in [0.05, 0.1) is 24.9 Å². The van der Waals surface area contributed by atoms with Crippen LogP contribution in [0.3, 0.4) is 0 Å². The Hall–Kier alpha value is -1.67. The van der Waals surface area contributed by atoms with E-state index in [0.717, 1.165) is 0 Å². The highest BCUT2D eigenvalue weighted by molar-refractivity contribution is 5.88. The molecular weight excluding hydrogens is 292 g/mol. The van der Waals surface area contributed by atoms with Gasteiger partial charge in [0.15, 0.2) is 6.04 Å². The lowest BCUT2D eigenvalue weighted by molar-refractivity contribution is -0.153. The highest BCUT2D eigenvalue weighted by Crippen LogP contribution is 2.14. The molecule has 1 amide bonds. The van der Waals surface area contributed by atoms with Crippen LogP contribution in [0.15, 0.2) is 0 Å². The van der Waals surface area contributed by atoms with Crippen LogP contribution in [0.1, 0.15) is 40.5 Å². The number of rotatable bonds is 8. The van der Waals surface area contributed by atoms with Gasteiger partial charge in [0, 0.05) is 6.42 Å². The smallest absolute Gasteiger partial charge is 0.331 e. The summed E-state index contributed by atoms with van der Waals surface area (Å²) in [6.45, 7) is 7.09. The summed E-state index contributed by atoms with van der Waals surface area (Å²) in [7, 11) is 1.20. The zero-order valence-electron chi connectivity index (χ0n) is 13.7. The summed E-state index contributed by atoms with van der Waals surface area (Å²) in [6, 6.07) is -2.04. The summed E-state index contributed by atoms with van der Waals surface area (Å²) in [5.41, 5.74) is 5.10. The fourth-order valence-electron chi connectivity index (χ4n) is 1.79. The van der Waals surface area contributed by atoms with E-state index in [-0.39, 0.29) is 12.8 Å². The second-order valence-corrected chi connectivity index (χ2v) is 5.98. The first-order valence-corrected chi connectivity index (χ1v) is 7.01. The third kappa shape index (κ3) is 7.94. The second kappa shape index (κ2) is 8.70. The number of ether oxygens (including phenoxy) is 2. The molecule has 128 valence electrons. The molecule has 8 nitrogen and oxygen atoms in total. The van der Waals surface area contributed by atoms with Crippen molar-refractivity contribution in [2.24, 2.45) is 5.73 Å². The largest absolute Gasteiger partial charge is 0.481 e. The van der Waals surface area contributed by atoms with E-state index in [1.54, 1.807) is 6.92 Å². The molecule has 0 heterocycles. The van der Waals surface area contributed by atoms with Crippen LogP contribution in [0.2, 0.25) is 0 Å². The number of aliphatic carboxylic acids is 1. The number of carboxylic acid groups (broad SMARTS) is 1. The molecule has 22 heavy (non-hydrogen) atoms. The predicted octanol–water partition coefficient (Wildman–Crippen LogP) is 0.0399. The van der Waals surface area contributed by atoms with Crippen molar-refractivity contribution in [2.45, 2.75) is 64.3 Å².